The van der Waals surface area contributed by atoms with Crippen molar-refractivity contribution in [3.63, 3.8) is 0 Å². The smallest absolute Gasteiger partial charge is 0.307 e. The van der Waals surface area contributed by atoms with E-state index in [1.807, 2.05) is 24.3 Å². The normalized spacial score (nSPS) is 14.9. The highest BCUT2D eigenvalue weighted by Gasteiger charge is 2.27. The maximum atomic E-state index is 12.6. The molecule has 2 aromatic carbocycles. The Labute approximate surface area is 171 Å². The minimum Gasteiger partial charge on any atom is -0.453 e. The molecule has 0 bridgehead atoms. The molecular weight excluding hydrogens is 368 g/mol. The summed E-state index contributed by atoms with van der Waals surface area (Å²) in [7, 11) is 0. The van der Waals surface area contributed by atoms with Gasteiger partial charge in [-0.15, -0.1) is 0 Å². The van der Waals surface area contributed by atoms with Crippen molar-refractivity contribution < 1.29 is 19.1 Å². The zero-order valence-electron chi connectivity index (χ0n) is 16.6. The van der Waals surface area contributed by atoms with Gasteiger partial charge in [-0.05, 0) is 19.1 Å². The van der Waals surface area contributed by atoms with Crippen LogP contribution in [-0.4, -0.2) is 54.8 Å². The average molecular weight is 394 g/mol. The lowest BCUT2D eigenvalue weighted by molar-refractivity contribution is -0.159. The number of hydrogen-bond donors (Lipinski definition) is 0. The van der Waals surface area contributed by atoms with E-state index in [1.165, 1.54) is 0 Å². The van der Waals surface area contributed by atoms with Crippen LogP contribution in [0.2, 0.25) is 0 Å². The summed E-state index contributed by atoms with van der Waals surface area (Å²) in [5.74, 6) is -0.836. The fourth-order valence-corrected chi connectivity index (χ4v) is 3.37. The summed E-state index contributed by atoms with van der Waals surface area (Å²) in [4.78, 5) is 40.7. The van der Waals surface area contributed by atoms with Crippen LogP contribution in [0.5, 0.6) is 0 Å². The van der Waals surface area contributed by atoms with E-state index in [0.717, 1.165) is 18.8 Å². The molecule has 1 amide bonds. The Morgan fingerprint density at radius 1 is 0.862 bits per heavy atom. The third kappa shape index (κ3) is 5.67. The van der Waals surface area contributed by atoms with Gasteiger partial charge in [0.25, 0.3) is 5.91 Å². The molecule has 0 N–H and O–H groups in total. The van der Waals surface area contributed by atoms with Crippen molar-refractivity contribution >= 4 is 23.3 Å². The number of anilines is 1. The number of piperazine rings is 1. The molecule has 29 heavy (non-hydrogen) atoms. The van der Waals surface area contributed by atoms with Crippen LogP contribution in [0.15, 0.2) is 60.7 Å². The van der Waals surface area contributed by atoms with Crippen LogP contribution in [0.3, 0.4) is 0 Å². The van der Waals surface area contributed by atoms with Crippen LogP contribution in [0.25, 0.3) is 0 Å². The highest BCUT2D eigenvalue weighted by molar-refractivity contribution is 5.97. The van der Waals surface area contributed by atoms with Crippen molar-refractivity contribution in [3.05, 3.63) is 66.2 Å². The van der Waals surface area contributed by atoms with Gasteiger partial charge in [0, 0.05) is 43.9 Å². The van der Waals surface area contributed by atoms with Gasteiger partial charge in [-0.25, -0.2) is 0 Å². The topological polar surface area (TPSA) is 66.9 Å². The Hall–Kier alpha value is -3.15. The third-order valence-electron chi connectivity index (χ3n) is 5.02. The number of ketones is 1. The maximum Gasteiger partial charge on any atom is 0.307 e. The molecule has 2 aromatic rings. The molecule has 0 spiro atoms. The molecule has 3 rings (SSSR count). The van der Waals surface area contributed by atoms with Gasteiger partial charge in [0.05, 0.1) is 6.42 Å². The van der Waals surface area contributed by atoms with E-state index in [1.54, 1.807) is 36.1 Å². The van der Waals surface area contributed by atoms with Gasteiger partial charge in [0.1, 0.15) is 0 Å². The second-order valence-electron chi connectivity index (χ2n) is 7.07. The minimum absolute atomic E-state index is 0.0346. The van der Waals surface area contributed by atoms with Gasteiger partial charge in [0.15, 0.2) is 11.9 Å². The van der Waals surface area contributed by atoms with E-state index < -0.39 is 12.1 Å². The lowest BCUT2D eigenvalue weighted by atomic mass is 10.1. The van der Waals surface area contributed by atoms with Gasteiger partial charge in [-0.1, -0.05) is 48.5 Å². The first-order valence-electron chi connectivity index (χ1n) is 9.91. The number of carbonyl (C=O) groups is 3. The van der Waals surface area contributed by atoms with E-state index in [-0.39, 0.29) is 24.5 Å². The molecule has 0 radical (unpaired) electrons. The molecule has 0 aromatic heterocycles. The SMILES string of the molecule is CC(OC(=O)CCC(=O)c1ccccc1)C(=O)N1CCN(c2ccccc2)CC1. The van der Waals surface area contributed by atoms with E-state index >= 15 is 0 Å². The summed E-state index contributed by atoms with van der Waals surface area (Å²) >= 11 is 0. The molecule has 1 fully saturated rings. The van der Waals surface area contributed by atoms with E-state index in [4.69, 9.17) is 4.74 Å². The molecule has 0 saturated carbocycles. The van der Waals surface area contributed by atoms with Gasteiger partial charge in [-0.2, -0.15) is 0 Å². The van der Waals surface area contributed by atoms with Crippen molar-refractivity contribution in [2.45, 2.75) is 25.9 Å². The second-order valence-corrected chi connectivity index (χ2v) is 7.07. The fourth-order valence-electron chi connectivity index (χ4n) is 3.37. The summed E-state index contributed by atoms with van der Waals surface area (Å²) in [6.07, 6.45) is -0.815. The summed E-state index contributed by atoms with van der Waals surface area (Å²) in [5, 5.41) is 0. The average Bonchev–Trinajstić information content (AvgIpc) is 2.78. The minimum atomic E-state index is -0.849. The lowest BCUT2D eigenvalue weighted by Gasteiger charge is -2.37. The first kappa shape index (κ1) is 20.6. The number of esters is 1. The number of hydrogen-bond acceptors (Lipinski definition) is 5. The lowest BCUT2D eigenvalue weighted by Crippen LogP contribution is -2.51. The number of Topliss-reactive ketones (excluding diaryl/α,β-unsaturated/α-hetero) is 1. The molecule has 1 aliphatic rings. The summed E-state index contributed by atoms with van der Waals surface area (Å²) in [6.45, 7) is 4.23. The number of para-hydroxylation sites is 1. The molecular formula is C23H26N2O4. The number of nitrogens with zero attached hydrogens (tertiary/aromatic N) is 2. The Kier molecular flexibility index (Phi) is 7.00. The van der Waals surface area contributed by atoms with Crippen LogP contribution >= 0.6 is 0 Å². The van der Waals surface area contributed by atoms with E-state index in [9.17, 15) is 14.4 Å². The van der Waals surface area contributed by atoms with Crippen LogP contribution < -0.4 is 4.90 Å². The third-order valence-corrected chi connectivity index (χ3v) is 5.02. The van der Waals surface area contributed by atoms with Crippen molar-refractivity contribution in [1.29, 1.82) is 0 Å². The molecule has 1 saturated heterocycles. The number of rotatable bonds is 7. The number of carbonyl (C=O) groups excluding carboxylic acids is 3. The molecule has 1 heterocycles. The van der Waals surface area contributed by atoms with Crippen LogP contribution in [-0.2, 0) is 14.3 Å². The van der Waals surface area contributed by atoms with E-state index in [0.29, 0.717) is 18.7 Å². The van der Waals surface area contributed by atoms with Crippen LogP contribution in [0, 0.1) is 0 Å². The standard InChI is InChI=1S/C23H26N2O4/c1-18(29-22(27)13-12-21(26)19-8-4-2-5-9-19)23(28)25-16-14-24(15-17-25)20-10-6-3-7-11-20/h2-11,18H,12-17H2,1H3. The molecule has 6 heteroatoms. The molecule has 1 aliphatic heterocycles. The van der Waals surface area contributed by atoms with Gasteiger partial charge >= 0.3 is 5.97 Å². The van der Waals surface area contributed by atoms with E-state index in [2.05, 4.69) is 17.0 Å². The van der Waals surface area contributed by atoms with Crippen molar-refractivity contribution in [2.24, 2.45) is 0 Å². The zero-order chi connectivity index (χ0) is 20.6. The van der Waals surface area contributed by atoms with Crippen molar-refractivity contribution in [2.75, 3.05) is 31.1 Å². The van der Waals surface area contributed by atoms with Gasteiger partial charge < -0.3 is 14.5 Å². The molecule has 0 aliphatic carbocycles. The molecule has 1 unspecified atom stereocenters. The highest BCUT2D eigenvalue weighted by atomic mass is 16.5. The first-order chi connectivity index (χ1) is 14.0. The first-order valence-corrected chi connectivity index (χ1v) is 9.91. The molecule has 6 nitrogen and oxygen atoms in total. The van der Waals surface area contributed by atoms with Gasteiger partial charge in [0.2, 0.25) is 0 Å². The number of ether oxygens (including phenoxy) is 1. The van der Waals surface area contributed by atoms with Crippen LogP contribution in [0.4, 0.5) is 5.69 Å². The Morgan fingerprint density at radius 2 is 1.45 bits per heavy atom. The highest BCUT2D eigenvalue weighted by Crippen LogP contribution is 2.16. The largest absolute Gasteiger partial charge is 0.453 e. The Morgan fingerprint density at radius 3 is 2.07 bits per heavy atom. The molecule has 1 atom stereocenters. The predicted octanol–water partition coefficient (Wildman–Crippen LogP) is 2.93. The Balaban J connectivity index is 1.42. The number of benzene rings is 2. The number of amides is 1. The quantitative estimate of drug-likeness (QED) is 0.534. The Bertz CT molecular complexity index is 830. The monoisotopic (exact) mass is 394 g/mol. The summed E-state index contributed by atoms with van der Waals surface area (Å²) in [5.41, 5.74) is 1.71. The van der Waals surface area contributed by atoms with Crippen molar-refractivity contribution in [1.82, 2.24) is 4.90 Å². The van der Waals surface area contributed by atoms with Crippen LogP contribution in [0.1, 0.15) is 30.1 Å². The maximum absolute atomic E-state index is 12.6. The zero-order valence-corrected chi connectivity index (χ0v) is 16.6. The van der Waals surface area contributed by atoms with Crippen molar-refractivity contribution in [3.8, 4) is 0 Å². The second kappa shape index (κ2) is 9.87. The van der Waals surface area contributed by atoms with Gasteiger partial charge in [-0.3, -0.25) is 14.4 Å². The molecule has 152 valence electrons. The predicted molar refractivity (Wildman–Crippen MR) is 111 cm³/mol. The summed E-state index contributed by atoms with van der Waals surface area (Å²) in [6, 6.07) is 18.9. The summed E-state index contributed by atoms with van der Waals surface area (Å²) < 4.78 is 5.27. The fraction of sp³-hybridized carbons (Fsp3) is 0.348.